The van der Waals surface area contributed by atoms with Crippen LogP contribution in [-0.2, 0) is 11.8 Å². The molecule has 1 heterocycles. The second-order valence-electron chi connectivity index (χ2n) is 3.96. The van der Waals surface area contributed by atoms with Crippen LogP contribution in [-0.4, -0.2) is 39.0 Å². The summed E-state index contributed by atoms with van der Waals surface area (Å²) < 4.78 is 6.63. The Balaban J connectivity index is 1.76. The Morgan fingerprint density at radius 3 is 2.75 bits per heavy atom. The topological polar surface area (TPSA) is 81.9 Å². The number of aryl methyl sites for hydroxylation is 1. The maximum absolute atomic E-state index is 11.8. The molecule has 8 heteroatoms. The number of methoxy groups -OCH3 is 1. The van der Waals surface area contributed by atoms with Gasteiger partial charge in [0.1, 0.15) is 5.75 Å². The Morgan fingerprint density at radius 1 is 1.40 bits per heavy atom. The largest absolute Gasteiger partial charge is 0.497 e. The number of ether oxygens (including phenoxy) is 1. The van der Waals surface area contributed by atoms with Crippen LogP contribution in [0.15, 0.2) is 29.4 Å². The average molecular weight is 293 g/mol. The van der Waals surface area contributed by atoms with Crippen molar-refractivity contribution < 1.29 is 9.53 Å². The summed E-state index contributed by atoms with van der Waals surface area (Å²) in [5.41, 5.74) is 0.751. The van der Waals surface area contributed by atoms with Crippen molar-refractivity contribution in [2.75, 3.05) is 18.2 Å². The van der Waals surface area contributed by atoms with Gasteiger partial charge in [0, 0.05) is 24.9 Å². The van der Waals surface area contributed by atoms with Crippen molar-refractivity contribution in [2.24, 2.45) is 7.05 Å². The summed E-state index contributed by atoms with van der Waals surface area (Å²) in [6.07, 6.45) is 0.392. The van der Waals surface area contributed by atoms with Crippen LogP contribution in [0.1, 0.15) is 6.42 Å². The van der Waals surface area contributed by atoms with Crippen molar-refractivity contribution in [1.29, 1.82) is 0 Å². The molecular formula is C12H15N5O2S. The molecule has 1 aromatic heterocycles. The fourth-order valence-electron chi connectivity index (χ4n) is 1.48. The number of amides is 1. The van der Waals surface area contributed by atoms with Gasteiger partial charge in [-0.15, -0.1) is 5.10 Å². The lowest BCUT2D eigenvalue weighted by Gasteiger charge is -2.06. The lowest BCUT2D eigenvalue weighted by atomic mass is 10.3. The second kappa shape index (κ2) is 6.90. The first-order chi connectivity index (χ1) is 9.69. The minimum absolute atomic E-state index is 0.0437. The minimum atomic E-state index is -0.0437. The minimum Gasteiger partial charge on any atom is -0.497 e. The highest BCUT2D eigenvalue weighted by Crippen LogP contribution is 2.16. The SMILES string of the molecule is COc1ccc(NC(=O)CCSc2nnnn2C)cc1. The fraction of sp³-hybridized carbons (Fsp3) is 0.333. The maximum atomic E-state index is 11.8. The number of thioether (sulfide) groups is 1. The first-order valence-corrected chi connectivity index (χ1v) is 6.96. The first-order valence-electron chi connectivity index (χ1n) is 5.98. The van der Waals surface area contributed by atoms with Gasteiger partial charge in [0.2, 0.25) is 11.1 Å². The van der Waals surface area contributed by atoms with E-state index in [-0.39, 0.29) is 5.91 Å². The van der Waals surface area contributed by atoms with E-state index >= 15 is 0 Å². The van der Waals surface area contributed by atoms with E-state index < -0.39 is 0 Å². The van der Waals surface area contributed by atoms with Crippen molar-refractivity contribution in [3.8, 4) is 5.75 Å². The zero-order chi connectivity index (χ0) is 14.4. The van der Waals surface area contributed by atoms with E-state index in [2.05, 4.69) is 20.8 Å². The molecule has 1 aromatic carbocycles. The van der Waals surface area contributed by atoms with Crippen LogP contribution >= 0.6 is 11.8 Å². The normalized spacial score (nSPS) is 10.3. The summed E-state index contributed by atoms with van der Waals surface area (Å²) >= 11 is 1.44. The van der Waals surface area contributed by atoms with E-state index in [4.69, 9.17) is 4.74 Å². The fourth-order valence-corrected chi connectivity index (χ4v) is 2.26. The van der Waals surface area contributed by atoms with Gasteiger partial charge in [-0.05, 0) is 34.7 Å². The number of rotatable bonds is 6. The summed E-state index contributed by atoms with van der Waals surface area (Å²) in [4.78, 5) is 11.8. The molecule has 0 saturated heterocycles. The molecule has 0 atom stereocenters. The first kappa shape index (κ1) is 14.3. The van der Waals surface area contributed by atoms with Crippen LogP contribution in [0.2, 0.25) is 0 Å². The van der Waals surface area contributed by atoms with Crippen LogP contribution in [0.5, 0.6) is 5.75 Å². The maximum Gasteiger partial charge on any atom is 0.225 e. The molecule has 0 saturated carbocycles. The molecule has 0 fully saturated rings. The van der Waals surface area contributed by atoms with Crippen LogP contribution in [0.4, 0.5) is 5.69 Å². The third-order valence-electron chi connectivity index (χ3n) is 2.52. The Kier molecular flexibility index (Phi) is 4.94. The van der Waals surface area contributed by atoms with Crippen molar-refractivity contribution in [3.05, 3.63) is 24.3 Å². The molecule has 7 nitrogen and oxygen atoms in total. The Hall–Kier alpha value is -2.09. The lowest BCUT2D eigenvalue weighted by Crippen LogP contribution is -2.12. The summed E-state index contributed by atoms with van der Waals surface area (Å²) in [6, 6.07) is 7.21. The average Bonchev–Trinajstić information content (AvgIpc) is 2.85. The molecule has 0 bridgehead atoms. The molecule has 106 valence electrons. The number of nitrogens with zero attached hydrogens (tertiary/aromatic N) is 4. The van der Waals surface area contributed by atoms with E-state index in [1.54, 1.807) is 43.1 Å². The number of anilines is 1. The Bertz CT molecular complexity index is 569. The van der Waals surface area contributed by atoms with Crippen LogP contribution < -0.4 is 10.1 Å². The molecule has 0 aliphatic rings. The molecule has 0 unspecified atom stereocenters. The van der Waals surface area contributed by atoms with E-state index in [1.165, 1.54) is 11.8 Å². The van der Waals surface area contributed by atoms with Crippen LogP contribution in [0, 0.1) is 0 Å². The zero-order valence-electron chi connectivity index (χ0n) is 11.2. The number of hydrogen-bond donors (Lipinski definition) is 1. The highest BCUT2D eigenvalue weighted by Gasteiger charge is 2.06. The smallest absolute Gasteiger partial charge is 0.225 e. The summed E-state index contributed by atoms with van der Waals surface area (Å²) in [6.45, 7) is 0. The predicted molar refractivity (Wildman–Crippen MR) is 75.8 cm³/mol. The van der Waals surface area contributed by atoms with Crippen LogP contribution in [0.3, 0.4) is 0 Å². The molecule has 0 radical (unpaired) electrons. The van der Waals surface area contributed by atoms with Crippen molar-refractivity contribution in [1.82, 2.24) is 20.2 Å². The van der Waals surface area contributed by atoms with Gasteiger partial charge in [-0.2, -0.15) is 0 Å². The predicted octanol–water partition coefficient (Wildman–Crippen LogP) is 1.34. The lowest BCUT2D eigenvalue weighted by molar-refractivity contribution is -0.115. The summed E-state index contributed by atoms with van der Waals surface area (Å²) in [7, 11) is 3.37. The number of carbonyl (C=O) groups excluding carboxylic acids is 1. The highest BCUT2D eigenvalue weighted by atomic mass is 32.2. The number of hydrogen-bond acceptors (Lipinski definition) is 6. The number of aromatic nitrogens is 4. The van der Waals surface area contributed by atoms with Gasteiger partial charge in [-0.25, -0.2) is 4.68 Å². The summed E-state index contributed by atoms with van der Waals surface area (Å²) in [5.74, 6) is 1.34. The van der Waals surface area contributed by atoms with E-state index in [0.717, 1.165) is 11.4 Å². The van der Waals surface area contributed by atoms with Gasteiger partial charge in [0.05, 0.1) is 7.11 Å². The van der Waals surface area contributed by atoms with Gasteiger partial charge < -0.3 is 10.1 Å². The van der Waals surface area contributed by atoms with Gasteiger partial charge >= 0.3 is 0 Å². The van der Waals surface area contributed by atoms with Gasteiger partial charge in [-0.1, -0.05) is 11.8 Å². The third-order valence-corrected chi connectivity index (χ3v) is 3.53. The van der Waals surface area contributed by atoms with Crippen molar-refractivity contribution in [2.45, 2.75) is 11.6 Å². The molecule has 1 amide bonds. The van der Waals surface area contributed by atoms with Gasteiger partial charge in [0.25, 0.3) is 0 Å². The van der Waals surface area contributed by atoms with Crippen molar-refractivity contribution in [3.63, 3.8) is 0 Å². The second-order valence-corrected chi connectivity index (χ2v) is 5.02. The molecule has 2 aromatic rings. The monoisotopic (exact) mass is 293 g/mol. The Labute approximate surface area is 120 Å². The molecular weight excluding hydrogens is 278 g/mol. The van der Waals surface area contributed by atoms with Crippen molar-refractivity contribution >= 4 is 23.4 Å². The van der Waals surface area contributed by atoms with E-state index in [0.29, 0.717) is 17.3 Å². The van der Waals surface area contributed by atoms with Gasteiger partial charge in [-0.3, -0.25) is 4.79 Å². The molecule has 0 spiro atoms. The zero-order valence-corrected chi connectivity index (χ0v) is 12.1. The highest BCUT2D eigenvalue weighted by molar-refractivity contribution is 7.99. The molecule has 2 rings (SSSR count). The molecule has 0 aliphatic carbocycles. The number of carbonyl (C=O) groups is 1. The quantitative estimate of drug-likeness (QED) is 0.809. The van der Waals surface area contributed by atoms with Gasteiger partial charge in [0.15, 0.2) is 0 Å². The summed E-state index contributed by atoms with van der Waals surface area (Å²) in [5, 5.41) is 14.6. The molecule has 20 heavy (non-hydrogen) atoms. The third kappa shape index (κ3) is 3.95. The standard InChI is InChI=1S/C12H15N5O2S/c1-17-12(14-15-16-17)20-8-7-11(18)13-9-3-5-10(19-2)6-4-9/h3-6H,7-8H2,1-2H3,(H,13,18). The number of tetrazole rings is 1. The van der Waals surface area contributed by atoms with E-state index in [9.17, 15) is 4.79 Å². The Morgan fingerprint density at radius 2 is 2.15 bits per heavy atom. The van der Waals surface area contributed by atoms with E-state index in [1.807, 2.05) is 0 Å². The molecule has 0 aliphatic heterocycles. The number of benzene rings is 1. The number of nitrogens with one attached hydrogen (secondary N) is 1. The molecule has 1 N–H and O–H groups in total. The van der Waals surface area contributed by atoms with Crippen LogP contribution in [0.25, 0.3) is 0 Å².